The van der Waals surface area contributed by atoms with Gasteiger partial charge in [-0.3, -0.25) is 9.59 Å². The third-order valence-electron chi connectivity index (χ3n) is 5.90. The van der Waals surface area contributed by atoms with E-state index in [9.17, 15) is 9.59 Å². The van der Waals surface area contributed by atoms with Crippen LogP contribution in [-0.2, 0) is 9.59 Å². The van der Waals surface area contributed by atoms with Crippen LogP contribution >= 0.6 is 0 Å². The molecule has 2 N–H and O–H groups in total. The normalized spacial score (nSPS) is 18.1. The highest BCUT2D eigenvalue weighted by Crippen LogP contribution is 2.43. The zero-order valence-electron chi connectivity index (χ0n) is 18.7. The Kier molecular flexibility index (Phi) is 6.30. The number of ether oxygens (including phenoxy) is 2. The Hall–Kier alpha value is -3.54. The molecule has 0 fully saturated rings. The zero-order chi connectivity index (χ0) is 22.7. The number of methoxy groups -OCH3 is 1. The van der Waals surface area contributed by atoms with Crippen molar-refractivity contribution in [3.63, 3.8) is 0 Å². The van der Waals surface area contributed by atoms with Crippen LogP contribution in [0.3, 0.4) is 0 Å². The van der Waals surface area contributed by atoms with Crippen molar-refractivity contribution >= 4 is 17.4 Å². The van der Waals surface area contributed by atoms with E-state index in [4.69, 9.17) is 9.47 Å². The molecule has 2 aliphatic rings. The summed E-state index contributed by atoms with van der Waals surface area (Å²) in [4.78, 5) is 26.6. The van der Waals surface area contributed by atoms with Gasteiger partial charge in [0.25, 0.3) is 5.91 Å². The highest BCUT2D eigenvalue weighted by molar-refractivity contribution is 6.10. The van der Waals surface area contributed by atoms with Crippen LogP contribution in [0.25, 0.3) is 0 Å². The van der Waals surface area contributed by atoms with Crippen LogP contribution in [0.4, 0.5) is 5.69 Å². The van der Waals surface area contributed by atoms with Gasteiger partial charge in [0.2, 0.25) is 0 Å². The van der Waals surface area contributed by atoms with Crippen LogP contribution < -0.4 is 20.1 Å². The van der Waals surface area contributed by atoms with Gasteiger partial charge in [0.15, 0.2) is 5.78 Å². The van der Waals surface area contributed by atoms with E-state index < -0.39 is 5.92 Å². The molecule has 0 saturated carbocycles. The lowest BCUT2D eigenvalue weighted by molar-refractivity contribution is -0.116. The highest BCUT2D eigenvalue weighted by Gasteiger charge is 2.38. The third kappa shape index (κ3) is 4.13. The molecule has 0 radical (unpaired) electrons. The molecule has 6 heteroatoms. The van der Waals surface area contributed by atoms with Crippen molar-refractivity contribution in [2.24, 2.45) is 0 Å². The molecule has 0 saturated heterocycles. The summed E-state index contributed by atoms with van der Waals surface area (Å²) >= 11 is 0. The van der Waals surface area contributed by atoms with E-state index in [0.29, 0.717) is 35.6 Å². The minimum atomic E-state index is -0.440. The lowest BCUT2D eigenvalue weighted by Crippen LogP contribution is -2.35. The highest BCUT2D eigenvalue weighted by atomic mass is 16.5. The number of rotatable bonds is 6. The Morgan fingerprint density at radius 2 is 1.88 bits per heavy atom. The fourth-order valence-corrected chi connectivity index (χ4v) is 4.48. The summed E-state index contributed by atoms with van der Waals surface area (Å²) in [7, 11) is 1.57. The van der Waals surface area contributed by atoms with Gasteiger partial charge < -0.3 is 20.1 Å². The fraction of sp³-hybridized carbons (Fsp3) is 0.308. The average molecular weight is 433 g/mol. The van der Waals surface area contributed by atoms with Crippen LogP contribution in [0.15, 0.2) is 71.1 Å². The Morgan fingerprint density at radius 3 is 2.59 bits per heavy atom. The third-order valence-corrected chi connectivity index (χ3v) is 5.90. The molecule has 1 aliphatic carbocycles. The van der Waals surface area contributed by atoms with Crippen molar-refractivity contribution in [3.8, 4) is 11.5 Å². The molecule has 0 spiro atoms. The largest absolute Gasteiger partial charge is 0.495 e. The van der Waals surface area contributed by atoms with Crippen molar-refractivity contribution < 1.29 is 19.1 Å². The molecule has 1 amide bonds. The Balaban J connectivity index is 1.76. The number of nitrogens with one attached hydrogen (secondary N) is 2. The topological polar surface area (TPSA) is 76.7 Å². The molecular formula is C26H28N2O4. The van der Waals surface area contributed by atoms with E-state index >= 15 is 0 Å². The molecule has 1 heterocycles. The predicted octanol–water partition coefficient (Wildman–Crippen LogP) is 4.70. The van der Waals surface area contributed by atoms with E-state index in [1.807, 2.05) is 50.2 Å². The van der Waals surface area contributed by atoms with Crippen molar-refractivity contribution in [2.45, 2.75) is 39.0 Å². The van der Waals surface area contributed by atoms with Crippen LogP contribution in [0, 0.1) is 0 Å². The first-order valence-corrected chi connectivity index (χ1v) is 10.9. The maximum absolute atomic E-state index is 13.6. The molecular weight excluding hydrogens is 404 g/mol. The number of ketones is 1. The molecule has 0 bridgehead atoms. The first-order chi connectivity index (χ1) is 15.5. The van der Waals surface area contributed by atoms with Gasteiger partial charge in [0.05, 0.1) is 19.4 Å². The number of allylic oxidation sites excluding steroid dienone is 3. The summed E-state index contributed by atoms with van der Waals surface area (Å²) in [6.45, 7) is 4.40. The maximum atomic E-state index is 13.6. The van der Waals surface area contributed by atoms with Crippen LogP contribution in [0.2, 0.25) is 0 Å². The minimum Gasteiger partial charge on any atom is -0.495 e. The van der Waals surface area contributed by atoms with E-state index in [2.05, 4.69) is 10.6 Å². The number of hydrogen-bond donors (Lipinski definition) is 2. The molecule has 0 aromatic heterocycles. The van der Waals surface area contributed by atoms with Gasteiger partial charge in [0, 0.05) is 34.9 Å². The van der Waals surface area contributed by atoms with Crippen molar-refractivity contribution in [3.05, 3.63) is 76.6 Å². The monoisotopic (exact) mass is 432 g/mol. The quantitative estimate of drug-likeness (QED) is 0.692. The van der Waals surface area contributed by atoms with E-state index in [0.717, 1.165) is 35.5 Å². The predicted molar refractivity (Wildman–Crippen MR) is 124 cm³/mol. The number of para-hydroxylation sites is 2. The van der Waals surface area contributed by atoms with Gasteiger partial charge in [-0.1, -0.05) is 24.3 Å². The van der Waals surface area contributed by atoms with Crippen molar-refractivity contribution in [2.75, 3.05) is 19.0 Å². The number of hydrogen-bond acceptors (Lipinski definition) is 5. The average Bonchev–Trinajstić information content (AvgIpc) is 2.79. The molecule has 6 nitrogen and oxygen atoms in total. The summed E-state index contributed by atoms with van der Waals surface area (Å²) in [6, 6.07) is 14.9. The number of carbonyl (C=O) groups excluding carboxylic acids is 2. The van der Waals surface area contributed by atoms with E-state index in [-0.39, 0.29) is 11.7 Å². The van der Waals surface area contributed by atoms with Crippen molar-refractivity contribution in [1.82, 2.24) is 5.32 Å². The summed E-state index contributed by atoms with van der Waals surface area (Å²) in [5.74, 6) is 0.727. The SMILES string of the molecule is CCOc1ccc([C@@H]2C(C(=O)Nc3ccccc3OC)=C(C)NC3=C2C(=O)CCC3)cc1. The molecule has 0 unspecified atom stereocenters. The first-order valence-electron chi connectivity index (χ1n) is 10.9. The number of Topliss-reactive ketones (excluding diaryl/α,β-unsaturated/α-hetero) is 1. The van der Waals surface area contributed by atoms with Gasteiger partial charge >= 0.3 is 0 Å². The smallest absolute Gasteiger partial charge is 0.254 e. The van der Waals surface area contributed by atoms with Gasteiger partial charge in [-0.2, -0.15) is 0 Å². The lowest BCUT2D eigenvalue weighted by Gasteiger charge is -2.34. The van der Waals surface area contributed by atoms with E-state index in [1.165, 1.54) is 0 Å². The molecule has 2 aromatic carbocycles. The standard InChI is InChI=1S/C26H28N2O4/c1-4-32-18-14-12-17(13-15-18)24-23(16(2)27-20-9-7-10-21(29)25(20)24)26(30)28-19-8-5-6-11-22(19)31-3/h5-6,8,11-15,24,27H,4,7,9-10H2,1-3H3,(H,28,30)/t24-/m1/s1. The fourth-order valence-electron chi connectivity index (χ4n) is 4.48. The second kappa shape index (κ2) is 9.30. The molecule has 4 rings (SSSR count). The first kappa shape index (κ1) is 21.7. The summed E-state index contributed by atoms with van der Waals surface area (Å²) in [6.07, 6.45) is 2.11. The van der Waals surface area contributed by atoms with Gasteiger partial charge in [-0.05, 0) is 56.5 Å². The second-order valence-corrected chi connectivity index (χ2v) is 7.92. The summed E-state index contributed by atoms with van der Waals surface area (Å²) < 4.78 is 11.0. The second-order valence-electron chi connectivity index (χ2n) is 7.92. The van der Waals surface area contributed by atoms with E-state index in [1.54, 1.807) is 19.2 Å². The van der Waals surface area contributed by atoms with Crippen LogP contribution in [0.1, 0.15) is 44.6 Å². The molecule has 1 aliphatic heterocycles. The number of dihydropyridines is 1. The van der Waals surface area contributed by atoms with Gasteiger partial charge in [-0.15, -0.1) is 0 Å². The number of carbonyl (C=O) groups is 2. The molecule has 32 heavy (non-hydrogen) atoms. The number of anilines is 1. The number of benzene rings is 2. The molecule has 2 aromatic rings. The number of amides is 1. The maximum Gasteiger partial charge on any atom is 0.254 e. The summed E-state index contributed by atoms with van der Waals surface area (Å²) in [5.41, 5.74) is 4.38. The Morgan fingerprint density at radius 1 is 1.12 bits per heavy atom. The zero-order valence-corrected chi connectivity index (χ0v) is 18.7. The summed E-state index contributed by atoms with van der Waals surface area (Å²) in [5, 5.41) is 6.33. The van der Waals surface area contributed by atoms with Crippen LogP contribution in [0.5, 0.6) is 11.5 Å². The Labute approximate surface area is 188 Å². The lowest BCUT2D eigenvalue weighted by atomic mass is 9.75. The Bertz CT molecular complexity index is 1100. The van der Waals surface area contributed by atoms with Gasteiger partial charge in [-0.25, -0.2) is 0 Å². The minimum absolute atomic E-state index is 0.0905. The van der Waals surface area contributed by atoms with Crippen molar-refractivity contribution in [1.29, 1.82) is 0 Å². The molecule has 166 valence electrons. The molecule has 1 atom stereocenters. The van der Waals surface area contributed by atoms with Crippen LogP contribution in [-0.4, -0.2) is 25.4 Å². The van der Waals surface area contributed by atoms with Gasteiger partial charge in [0.1, 0.15) is 11.5 Å².